The fourth-order valence-corrected chi connectivity index (χ4v) is 3.04. The summed E-state index contributed by atoms with van der Waals surface area (Å²) in [5.74, 6) is -0.366. The van der Waals surface area contributed by atoms with Gasteiger partial charge in [-0.1, -0.05) is 29.8 Å². The van der Waals surface area contributed by atoms with E-state index in [1.165, 1.54) is 11.0 Å². The lowest BCUT2D eigenvalue weighted by Crippen LogP contribution is -2.44. The maximum atomic E-state index is 12.4. The monoisotopic (exact) mass is 340 g/mol. The van der Waals surface area contributed by atoms with Gasteiger partial charge in [0, 0.05) is 13.6 Å². The maximum Gasteiger partial charge on any atom is 0.246 e. The van der Waals surface area contributed by atoms with Crippen LogP contribution in [0, 0.1) is 0 Å². The quantitative estimate of drug-likeness (QED) is 0.793. The first-order valence-corrected chi connectivity index (χ1v) is 7.75. The molecule has 1 aliphatic heterocycles. The fourth-order valence-electron chi connectivity index (χ4n) is 2.68. The van der Waals surface area contributed by atoms with Crippen LogP contribution in [0.4, 0.5) is 0 Å². The van der Waals surface area contributed by atoms with Gasteiger partial charge in [0.1, 0.15) is 0 Å². The Kier molecular flexibility index (Phi) is 5.14. The lowest BCUT2D eigenvalue weighted by Gasteiger charge is -2.36. The number of nitrogens with zero attached hydrogens (tertiary/aromatic N) is 2. The third kappa shape index (κ3) is 3.28. The van der Waals surface area contributed by atoms with Gasteiger partial charge in [0.2, 0.25) is 11.8 Å². The number of amides is 2. The van der Waals surface area contributed by atoms with Crippen molar-refractivity contribution in [3.63, 3.8) is 0 Å². The van der Waals surface area contributed by atoms with Gasteiger partial charge < -0.3 is 9.80 Å². The third-order valence-corrected chi connectivity index (χ3v) is 4.69. The normalized spacial score (nSPS) is 16.9. The lowest BCUT2D eigenvalue weighted by molar-refractivity contribution is -0.139. The second kappa shape index (κ2) is 6.71. The Morgan fingerprint density at radius 1 is 1.41 bits per heavy atom. The largest absolute Gasteiger partial charge is 0.334 e. The average molecular weight is 341 g/mol. The van der Waals surface area contributed by atoms with Crippen LogP contribution in [0.3, 0.4) is 0 Å². The number of likely N-dealkylation sites (N-methyl/N-ethyl adjacent to an activating group) is 1. The van der Waals surface area contributed by atoms with Crippen molar-refractivity contribution in [3.05, 3.63) is 46.0 Å². The fraction of sp³-hybridized carbons (Fsp3) is 0.375. The Morgan fingerprint density at radius 2 is 2.05 bits per heavy atom. The van der Waals surface area contributed by atoms with E-state index >= 15 is 0 Å². The smallest absolute Gasteiger partial charge is 0.246 e. The second-order valence-electron chi connectivity index (χ2n) is 5.38. The molecule has 0 saturated carbocycles. The van der Waals surface area contributed by atoms with E-state index in [4.69, 9.17) is 23.2 Å². The summed E-state index contributed by atoms with van der Waals surface area (Å²) >= 11 is 12.1. The summed E-state index contributed by atoms with van der Waals surface area (Å²) in [5.41, 5.74) is 2.12. The molecule has 0 radical (unpaired) electrons. The van der Waals surface area contributed by atoms with Gasteiger partial charge in [0.25, 0.3) is 0 Å². The molecule has 22 heavy (non-hydrogen) atoms. The van der Waals surface area contributed by atoms with Crippen molar-refractivity contribution < 1.29 is 9.59 Å². The van der Waals surface area contributed by atoms with Crippen LogP contribution in [0.15, 0.2) is 24.8 Å². The molecule has 2 rings (SSSR count). The second-order valence-corrected chi connectivity index (χ2v) is 6.19. The predicted octanol–water partition coefficient (Wildman–Crippen LogP) is 3.08. The SMILES string of the molecule is C=CC(=O)N(C)CC(=O)N1CCc2cc(Cl)c(Cl)cc2C1C. The van der Waals surface area contributed by atoms with Crippen LogP contribution in [0.2, 0.25) is 10.0 Å². The molecular formula is C16H18Cl2N2O2. The molecule has 0 bridgehead atoms. The Balaban J connectivity index is 2.17. The number of fused-ring (bicyclic) bond motifs is 1. The number of halogens is 2. The molecule has 1 aromatic rings. The zero-order chi connectivity index (χ0) is 16.4. The molecule has 6 heteroatoms. The molecule has 2 amide bonds. The topological polar surface area (TPSA) is 40.6 Å². The molecule has 0 spiro atoms. The molecule has 0 saturated heterocycles. The summed E-state index contributed by atoms with van der Waals surface area (Å²) < 4.78 is 0. The first-order valence-electron chi connectivity index (χ1n) is 7.00. The van der Waals surface area contributed by atoms with Crippen molar-refractivity contribution >= 4 is 35.0 Å². The molecule has 118 valence electrons. The van der Waals surface area contributed by atoms with E-state index in [0.717, 1.165) is 17.5 Å². The summed E-state index contributed by atoms with van der Waals surface area (Å²) in [4.78, 5) is 27.1. The van der Waals surface area contributed by atoms with E-state index in [-0.39, 0.29) is 24.4 Å². The van der Waals surface area contributed by atoms with Gasteiger partial charge in [0.15, 0.2) is 0 Å². The standard InChI is InChI=1S/C16H18Cl2N2O2/c1-4-15(21)19(3)9-16(22)20-6-5-11-7-13(17)14(18)8-12(11)10(20)2/h4,7-8,10H,1,5-6,9H2,2-3H3. The Labute approximate surface area is 140 Å². The van der Waals surface area contributed by atoms with Gasteiger partial charge in [-0.15, -0.1) is 0 Å². The Hall–Kier alpha value is -1.52. The highest BCUT2D eigenvalue weighted by atomic mass is 35.5. The van der Waals surface area contributed by atoms with Crippen molar-refractivity contribution in [1.82, 2.24) is 9.80 Å². The van der Waals surface area contributed by atoms with Crippen molar-refractivity contribution in [3.8, 4) is 0 Å². The van der Waals surface area contributed by atoms with Crippen LogP contribution in [-0.4, -0.2) is 41.8 Å². The van der Waals surface area contributed by atoms with Gasteiger partial charge in [-0.2, -0.15) is 0 Å². The molecule has 1 heterocycles. The summed E-state index contributed by atoms with van der Waals surface area (Å²) in [6.07, 6.45) is 1.92. The van der Waals surface area contributed by atoms with E-state index in [0.29, 0.717) is 16.6 Å². The van der Waals surface area contributed by atoms with Crippen LogP contribution in [0.5, 0.6) is 0 Å². The molecule has 1 unspecified atom stereocenters. The minimum Gasteiger partial charge on any atom is -0.334 e. The molecule has 4 nitrogen and oxygen atoms in total. The van der Waals surface area contributed by atoms with Gasteiger partial charge >= 0.3 is 0 Å². The number of carbonyl (C=O) groups excluding carboxylic acids is 2. The van der Waals surface area contributed by atoms with E-state index in [1.54, 1.807) is 11.9 Å². The minimum atomic E-state index is -0.270. The van der Waals surface area contributed by atoms with Crippen LogP contribution >= 0.6 is 23.2 Å². The summed E-state index contributed by atoms with van der Waals surface area (Å²) in [7, 11) is 1.58. The third-order valence-electron chi connectivity index (χ3n) is 3.97. The molecule has 0 N–H and O–H groups in total. The highest BCUT2D eigenvalue weighted by Crippen LogP contribution is 2.35. The van der Waals surface area contributed by atoms with E-state index in [2.05, 4.69) is 6.58 Å². The lowest BCUT2D eigenvalue weighted by atomic mass is 9.93. The van der Waals surface area contributed by atoms with E-state index in [1.807, 2.05) is 19.1 Å². The van der Waals surface area contributed by atoms with Crippen LogP contribution < -0.4 is 0 Å². The van der Waals surface area contributed by atoms with Gasteiger partial charge in [-0.3, -0.25) is 9.59 Å². The summed E-state index contributed by atoms with van der Waals surface area (Å²) in [6.45, 7) is 6.01. The highest BCUT2D eigenvalue weighted by Gasteiger charge is 2.29. The van der Waals surface area contributed by atoms with Crippen LogP contribution in [-0.2, 0) is 16.0 Å². The number of carbonyl (C=O) groups is 2. The minimum absolute atomic E-state index is 0.0336. The zero-order valence-electron chi connectivity index (χ0n) is 12.6. The van der Waals surface area contributed by atoms with Crippen molar-refractivity contribution in [2.45, 2.75) is 19.4 Å². The Morgan fingerprint density at radius 3 is 2.68 bits per heavy atom. The first kappa shape index (κ1) is 16.8. The Bertz CT molecular complexity index is 631. The molecule has 1 atom stereocenters. The van der Waals surface area contributed by atoms with Crippen LogP contribution in [0.25, 0.3) is 0 Å². The molecule has 1 aliphatic rings. The predicted molar refractivity (Wildman–Crippen MR) is 88.1 cm³/mol. The van der Waals surface area contributed by atoms with Gasteiger partial charge in [-0.05, 0) is 42.7 Å². The maximum absolute atomic E-state index is 12.4. The zero-order valence-corrected chi connectivity index (χ0v) is 14.1. The first-order chi connectivity index (χ1) is 10.3. The van der Waals surface area contributed by atoms with E-state index < -0.39 is 0 Å². The molecule has 0 fully saturated rings. The number of hydrogen-bond acceptors (Lipinski definition) is 2. The van der Waals surface area contributed by atoms with Crippen molar-refractivity contribution in [2.24, 2.45) is 0 Å². The summed E-state index contributed by atoms with van der Waals surface area (Å²) in [6, 6.07) is 3.59. The summed E-state index contributed by atoms with van der Waals surface area (Å²) in [5, 5.41) is 1.02. The van der Waals surface area contributed by atoms with Gasteiger partial charge in [0.05, 0.1) is 22.6 Å². The van der Waals surface area contributed by atoms with Crippen LogP contribution in [0.1, 0.15) is 24.1 Å². The van der Waals surface area contributed by atoms with Gasteiger partial charge in [-0.25, -0.2) is 0 Å². The molecule has 1 aromatic carbocycles. The number of rotatable bonds is 3. The van der Waals surface area contributed by atoms with Crippen molar-refractivity contribution in [1.29, 1.82) is 0 Å². The number of hydrogen-bond donors (Lipinski definition) is 0. The number of benzene rings is 1. The molecule has 0 aliphatic carbocycles. The van der Waals surface area contributed by atoms with Crippen molar-refractivity contribution in [2.75, 3.05) is 20.1 Å². The molecule has 0 aromatic heterocycles. The van der Waals surface area contributed by atoms with E-state index in [9.17, 15) is 9.59 Å². The molecular weight excluding hydrogens is 323 g/mol. The average Bonchev–Trinajstić information content (AvgIpc) is 2.48. The highest BCUT2D eigenvalue weighted by molar-refractivity contribution is 6.42.